The van der Waals surface area contributed by atoms with Crippen LogP contribution in [0.25, 0.3) is 0 Å². The van der Waals surface area contributed by atoms with Gasteiger partial charge in [-0.25, -0.2) is 4.39 Å². The zero-order valence-corrected chi connectivity index (χ0v) is 16.2. The quantitative estimate of drug-likeness (QED) is 0.810. The number of hydrogen-bond acceptors (Lipinski definition) is 5. The molecular weight excluding hydrogens is 357 g/mol. The number of carbonyl (C=O) groups is 1. The molecule has 28 heavy (non-hydrogen) atoms. The monoisotopic (exact) mass is 383 g/mol. The number of hydrogen-bond donors (Lipinski definition) is 0. The number of likely N-dealkylation sites (N-methyl/N-ethyl adjacent to an activating group) is 1. The van der Waals surface area contributed by atoms with Gasteiger partial charge < -0.3 is 19.6 Å². The van der Waals surface area contributed by atoms with Crippen LogP contribution in [0.15, 0.2) is 42.6 Å². The van der Waals surface area contributed by atoms with Gasteiger partial charge >= 0.3 is 0 Å². The summed E-state index contributed by atoms with van der Waals surface area (Å²) in [7, 11) is 2.12. The van der Waals surface area contributed by atoms with Crippen LogP contribution in [-0.2, 0) is 0 Å². The van der Waals surface area contributed by atoms with Gasteiger partial charge in [-0.05, 0) is 31.3 Å². The van der Waals surface area contributed by atoms with Crippen LogP contribution in [0.5, 0.6) is 0 Å². The molecule has 4 rings (SSSR count). The Kier molecular flexibility index (Phi) is 5.43. The number of nitrogens with zero attached hydrogens (tertiary/aromatic N) is 5. The van der Waals surface area contributed by atoms with Gasteiger partial charge in [-0.3, -0.25) is 9.78 Å². The predicted octanol–water partition coefficient (Wildman–Crippen LogP) is 1.93. The van der Waals surface area contributed by atoms with E-state index >= 15 is 0 Å². The van der Waals surface area contributed by atoms with E-state index in [9.17, 15) is 9.18 Å². The molecule has 2 aliphatic heterocycles. The van der Waals surface area contributed by atoms with Crippen molar-refractivity contribution in [2.75, 3.05) is 69.2 Å². The standard InChI is InChI=1S/C21H26FN5O/c1-24-8-10-25(11-9-24)17-6-7-23-19(16-17)21(28)27-14-12-26(13-15-27)20-5-3-2-4-18(20)22/h2-7,16H,8-15H2,1H3. The summed E-state index contributed by atoms with van der Waals surface area (Å²) in [5.41, 5.74) is 2.14. The molecule has 2 aliphatic rings. The highest BCUT2D eigenvalue weighted by atomic mass is 19.1. The number of rotatable bonds is 3. The van der Waals surface area contributed by atoms with Gasteiger partial charge in [-0.2, -0.15) is 0 Å². The van der Waals surface area contributed by atoms with Crippen molar-refractivity contribution in [2.45, 2.75) is 0 Å². The maximum atomic E-state index is 14.0. The first kappa shape index (κ1) is 18.7. The Labute approximate surface area is 165 Å². The van der Waals surface area contributed by atoms with E-state index < -0.39 is 0 Å². The third kappa shape index (κ3) is 3.94. The minimum Gasteiger partial charge on any atom is -0.369 e. The second-order valence-corrected chi connectivity index (χ2v) is 7.42. The van der Waals surface area contributed by atoms with Gasteiger partial charge in [-0.1, -0.05) is 12.1 Å². The lowest BCUT2D eigenvalue weighted by atomic mass is 10.2. The van der Waals surface area contributed by atoms with E-state index in [1.165, 1.54) is 6.07 Å². The van der Waals surface area contributed by atoms with Crippen molar-refractivity contribution in [3.63, 3.8) is 0 Å². The van der Waals surface area contributed by atoms with Crippen LogP contribution in [0.4, 0.5) is 15.8 Å². The number of halogens is 1. The third-order valence-corrected chi connectivity index (χ3v) is 5.59. The minimum absolute atomic E-state index is 0.0517. The molecule has 148 valence electrons. The molecule has 2 fully saturated rings. The van der Waals surface area contributed by atoms with Gasteiger partial charge in [-0.15, -0.1) is 0 Å². The van der Waals surface area contributed by atoms with E-state index in [1.807, 2.05) is 28.0 Å². The van der Waals surface area contributed by atoms with Crippen LogP contribution < -0.4 is 9.80 Å². The van der Waals surface area contributed by atoms with Crippen molar-refractivity contribution in [1.29, 1.82) is 0 Å². The predicted molar refractivity (Wildman–Crippen MR) is 108 cm³/mol. The molecule has 2 aromatic rings. The molecule has 3 heterocycles. The molecule has 0 atom stereocenters. The second-order valence-electron chi connectivity index (χ2n) is 7.42. The molecule has 1 aromatic heterocycles. The fourth-order valence-corrected chi connectivity index (χ4v) is 3.82. The summed E-state index contributed by atoms with van der Waals surface area (Å²) in [4.78, 5) is 25.7. The van der Waals surface area contributed by atoms with Crippen molar-refractivity contribution in [1.82, 2.24) is 14.8 Å². The van der Waals surface area contributed by atoms with Crippen LogP contribution >= 0.6 is 0 Å². The summed E-state index contributed by atoms with van der Waals surface area (Å²) in [6.07, 6.45) is 1.72. The minimum atomic E-state index is -0.219. The molecule has 0 unspecified atom stereocenters. The largest absolute Gasteiger partial charge is 0.369 e. The molecule has 0 saturated carbocycles. The van der Waals surface area contributed by atoms with Crippen molar-refractivity contribution >= 4 is 17.3 Å². The Morgan fingerprint density at radius 3 is 2.32 bits per heavy atom. The Bertz CT molecular complexity index is 829. The summed E-state index contributed by atoms with van der Waals surface area (Å²) < 4.78 is 14.0. The third-order valence-electron chi connectivity index (χ3n) is 5.59. The highest BCUT2D eigenvalue weighted by molar-refractivity contribution is 5.93. The number of pyridine rings is 1. The highest BCUT2D eigenvalue weighted by Gasteiger charge is 2.25. The topological polar surface area (TPSA) is 42.9 Å². The highest BCUT2D eigenvalue weighted by Crippen LogP contribution is 2.21. The SMILES string of the molecule is CN1CCN(c2ccnc(C(=O)N3CCN(c4ccccc4F)CC3)c2)CC1. The first-order valence-electron chi connectivity index (χ1n) is 9.80. The molecular formula is C21H26FN5O. The zero-order chi connectivity index (χ0) is 19.5. The van der Waals surface area contributed by atoms with E-state index in [-0.39, 0.29) is 11.7 Å². The molecule has 6 nitrogen and oxygen atoms in total. The van der Waals surface area contributed by atoms with Crippen LogP contribution in [0, 0.1) is 5.82 Å². The number of para-hydroxylation sites is 1. The van der Waals surface area contributed by atoms with Gasteiger partial charge in [0, 0.05) is 64.2 Å². The van der Waals surface area contributed by atoms with Gasteiger partial charge in [0.15, 0.2) is 0 Å². The summed E-state index contributed by atoms with van der Waals surface area (Å²) in [5, 5.41) is 0. The zero-order valence-electron chi connectivity index (χ0n) is 16.2. The van der Waals surface area contributed by atoms with E-state index in [0.717, 1.165) is 31.9 Å². The van der Waals surface area contributed by atoms with Crippen molar-refractivity contribution in [3.8, 4) is 0 Å². The van der Waals surface area contributed by atoms with Crippen molar-refractivity contribution in [2.24, 2.45) is 0 Å². The summed E-state index contributed by atoms with van der Waals surface area (Å²) in [6, 6.07) is 10.7. The summed E-state index contributed by atoms with van der Waals surface area (Å²) >= 11 is 0. The molecule has 0 N–H and O–H groups in total. The lowest BCUT2D eigenvalue weighted by molar-refractivity contribution is 0.0740. The average molecular weight is 383 g/mol. The van der Waals surface area contributed by atoms with Crippen molar-refractivity contribution < 1.29 is 9.18 Å². The van der Waals surface area contributed by atoms with Crippen LogP contribution in [-0.4, -0.2) is 80.1 Å². The molecule has 0 aliphatic carbocycles. The lowest BCUT2D eigenvalue weighted by Crippen LogP contribution is -2.49. The molecule has 2 saturated heterocycles. The van der Waals surface area contributed by atoms with E-state index in [2.05, 4.69) is 21.8 Å². The summed E-state index contributed by atoms with van der Waals surface area (Å²) in [5.74, 6) is -0.270. The Morgan fingerprint density at radius 1 is 0.929 bits per heavy atom. The molecule has 0 bridgehead atoms. The Hall–Kier alpha value is -2.67. The molecule has 1 aromatic carbocycles. The van der Waals surface area contributed by atoms with Crippen LogP contribution in [0.1, 0.15) is 10.5 Å². The van der Waals surface area contributed by atoms with Gasteiger partial charge in [0.1, 0.15) is 11.5 Å². The molecule has 0 spiro atoms. The first-order valence-corrected chi connectivity index (χ1v) is 9.80. The number of anilines is 2. The average Bonchev–Trinajstić information content (AvgIpc) is 2.74. The number of carbonyl (C=O) groups excluding carboxylic acids is 1. The smallest absolute Gasteiger partial charge is 0.272 e. The number of benzene rings is 1. The molecule has 1 amide bonds. The van der Waals surface area contributed by atoms with Crippen LogP contribution in [0.2, 0.25) is 0 Å². The number of amides is 1. The fourth-order valence-electron chi connectivity index (χ4n) is 3.82. The lowest BCUT2D eigenvalue weighted by Gasteiger charge is -2.36. The maximum Gasteiger partial charge on any atom is 0.272 e. The number of aromatic nitrogens is 1. The van der Waals surface area contributed by atoms with Gasteiger partial charge in [0.2, 0.25) is 0 Å². The maximum absolute atomic E-state index is 14.0. The van der Waals surface area contributed by atoms with E-state index in [4.69, 9.17) is 0 Å². The van der Waals surface area contributed by atoms with Gasteiger partial charge in [0.25, 0.3) is 5.91 Å². The first-order chi connectivity index (χ1) is 13.6. The van der Waals surface area contributed by atoms with E-state index in [1.54, 1.807) is 18.3 Å². The fraction of sp³-hybridized carbons (Fsp3) is 0.429. The second kappa shape index (κ2) is 8.14. The molecule has 0 radical (unpaired) electrons. The van der Waals surface area contributed by atoms with Crippen LogP contribution in [0.3, 0.4) is 0 Å². The van der Waals surface area contributed by atoms with Gasteiger partial charge in [0.05, 0.1) is 5.69 Å². The van der Waals surface area contributed by atoms with E-state index in [0.29, 0.717) is 37.6 Å². The summed E-state index contributed by atoms with van der Waals surface area (Å²) in [6.45, 7) is 6.30. The normalized spacial score (nSPS) is 18.4. The molecule has 7 heteroatoms. The Balaban J connectivity index is 1.40. The van der Waals surface area contributed by atoms with Crippen molar-refractivity contribution in [3.05, 3.63) is 54.1 Å². The number of piperazine rings is 2. The Morgan fingerprint density at radius 2 is 1.61 bits per heavy atom.